The second-order valence-corrected chi connectivity index (χ2v) is 6.40. The number of ether oxygens (including phenoxy) is 2. The Balaban J connectivity index is 1.65. The van der Waals surface area contributed by atoms with Crippen LogP contribution in [0.2, 0.25) is 0 Å². The van der Waals surface area contributed by atoms with Crippen molar-refractivity contribution < 1.29 is 14.3 Å². The first-order valence-electron chi connectivity index (χ1n) is 7.18. The van der Waals surface area contributed by atoms with Crippen LogP contribution in [0.4, 0.5) is 0 Å². The number of amides is 1. The van der Waals surface area contributed by atoms with Gasteiger partial charge in [0.15, 0.2) is 5.79 Å². The van der Waals surface area contributed by atoms with Crippen LogP contribution in [0.3, 0.4) is 0 Å². The highest BCUT2D eigenvalue weighted by Gasteiger charge is 2.48. The lowest BCUT2D eigenvalue weighted by Crippen LogP contribution is -2.41. The van der Waals surface area contributed by atoms with Gasteiger partial charge in [-0.3, -0.25) is 4.79 Å². The van der Waals surface area contributed by atoms with Gasteiger partial charge in [0.25, 0.3) is 0 Å². The van der Waals surface area contributed by atoms with Crippen LogP contribution in [-0.4, -0.2) is 24.9 Å². The van der Waals surface area contributed by atoms with Crippen molar-refractivity contribution in [2.24, 2.45) is 17.1 Å². The van der Waals surface area contributed by atoms with Crippen LogP contribution >= 0.6 is 0 Å². The first-order chi connectivity index (χ1) is 8.62. The Morgan fingerprint density at radius 2 is 1.72 bits per heavy atom. The van der Waals surface area contributed by atoms with Gasteiger partial charge < -0.3 is 15.2 Å². The molecule has 102 valence electrons. The van der Waals surface area contributed by atoms with E-state index in [-0.39, 0.29) is 17.1 Å². The summed E-state index contributed by atoms with van der Waals surface area (Å²) in [5.74, 6) is 0.355. The average Bonchev–Trinajstić information content (AvgIpc) is 3.01. The van der Waals surface area contributed by atoms with Crippen molar-refractivity contribution in [2.45, 2.75) is 57.2 Å². The Kier molecular flexibility index (Phi) is 3.10. The first kappa shape index (κ1) is 12.4. The summed E-state index contributed by atoms with van der Waals surface area (Å²) in [7, 11) is 0. The average molecular weight is 253 g/mol. The predicted molar refractivity (Wildman–Crippen MR) is 66.7 cm³/mol. The maximum Gasteiger partial charge on any atom is 0.217 e. The summed E-state index contributed by atoms with van der Waals surface area (Å²) in [6, 6.07) is 0. The van der Waals surface area contributed by atoms with Crippen molar-refractivity contribution in [3.05, 3.63) is 0 Å². The third-order valence-electron chi connectivity index (χ3n) is 4.85. The molecule has 3 fully saturated rings. The summed E-state index contributed by atoms with van der Waals surface area (Å²) < 4.78 is 11.5. The molecule has 1 spiro atoms. The third kappa shape index (κ3) is 2.54. The lowest BCUT2D eigenvalue weighted by atomic mass is 9.67. The van der Waals surface area contributed by atoms with Gasteiger partial charge >= 0.3 is 0 Å². The molecule has 4 nitrogen and oxygen atoms in total. The molecule has 3 rings (SSSR count). The van der Waals surface area contributed by atoms with E-state index in [1.807, 2.05) is 0 Å². The van der Waals surface area contributed by atoms with Gasteiger partial charge in [-0.1, -0.05) is 12.8 Å². The van der Waals surface area contributed by atoms with E-state index in [9.17, 15) is 4.79 Å². The molecule has 2 saturated carbocycles. The Bertz CT molecular complexity index is 322. The number of carbonyl (C=O) groups excluding carboxylic acids is 1. The molecule has 0 atom stereocenters. The van der Waals surface area contributed by atoms with E-state index in [0.29, 0.717) is 19.6 Å². The molecule has 0 aromatic carbocycles. The van der Waals surface area contributed by atoms with E-state index >= 15 is 0 Å². The quantitative estimate of drug-likeness (QED) is 0.833. The molecule has 3 aliphatic rings. The van der Waals surface area contributed by atoms with Gasteiger partial charge in [0.2, 0.25) is 5.91 Å². The number of nitrogens with two attached hydrogens (primary N) is 1. The minimum atomic E-state index is -0.329. The zero-order chi connectivity index (χ0) is 12.6. The lowest BCUT2D eigenvalue weighted by Gasteiger charge is -2.43. The number of carbonyl (C=O) groups is 1. The van der Waals surface area contributed by atoms with Crippen LogP contribution in [-0.2, 0) is 14.3 Å². The molecule has 0 radical (unpaired) electrons. The molecule has 18 heavy (non-hydrogen) atoms. The van der Waals surface area contributed by atoms with E-state index in [4.69, 9.17) is 15.2 Å². The number of rotatable bonds is 4. The Morgan fingerprint density at radius 1 is 1.11 bits per heavy atom. The monoisotopic (exact) mass is 253 g/mol. The van der Waals surface area contributed by atoms with Crippen LogP contribution in [0.25, 0.3) is 0 Å². The molecular weight excluding hydrogens is 230 g/mol. The summed E-state index contributed by atoms with van der Waals surface area (Å²) >= 11 is 0. The predicted octanol–water partition coefficient (Wildman–Crippen LogP) is 1.97. The molecule has 1 heterocycles. The minimum absolute atomic E-state index is 0.132. The summed E-state index contributed by atoms with van der Waals surface area (Å²) in [4.78, 5) is 11.3. The van der Waals surface area contributed by atoms with Crippen molar-refractivity contribution in [3.8, 4) is 0 Å². The minimum Gasteiger partial charge on any atom is -0.370 e. The largest absolute Gasteiger partial charge is 0.370 e. The molecule has 4 heteroatoms. The van der Waals surface area contributed by atoms with Crippen LogP contribution in [0.15, 0.2) is 0 Å². The molecule has 2 aliphatic carbocycles. The zero-order valence-electron chi connectivity index (χ0n) is 11.0. The lowest BCUT2D eigenvalue weighted by molar-refractivity contribution is -0.193. The maximum atomic E-state index is 11.3. The highest BCUT2D eigenvalue weighted by atomic mass is 16.7. The van der Waals surface area contributed by atoms with E-state index < -0.39 is 0 Å². The SMILES string of the molecule is NC(=O)CC1(CC2CC2)CCC2(CC1)OCCO2. The van der Waals surface area contributed by atoms with Crippen LogP contribution in [0.5, 0.6) is 0 Å². The smallest absolute Gasteiger partial charge is 0.217 e. The highest BCUT2D eigenvalue weighted by Crippen LogP contribution is 2.53. The summed E-state index contributed by atoms with van der Waals surface area (Å²) in [5, 5.41) is 0. The fourth-order valence-electron chi connectivity index (χ4n) is 3.70. The van der Waals surface area contributed by atoms with Crippen molar-refractivity contribution in [3.63, 3.8) is 0 Å². The Labute approximate surface area is 108 Å². The van der Waals surface area contributed by atoms with Gasteiger partial charge in [0.05, 0.1) is 13.2 Å². The Morgan fingerprint density at radius 3 is 2.22 bits per heavy atom. The molecule has 1 amide bonds. The van der Waals surface area contributed by atoms with Crippen molar-refractivity contribution in [1.29, 1.82) is 0 Å². The zero-order valence-corrected chi connectivity index (χ0v) is 11.0. The standard InChI is InChI=1S/C14H23NO3/c15-12(16)10-13(9-11-1-2-11)3-5-14(6-4-13)17-7-8-18-14/h11H,1-10H2,(H2,15,16). The third-order valence-corrected chi connectivity index (χ3v) is 4.85. The molecule has 0 aromatic rings. The van der Waals surface area contributed by atoms with Gasteiger partial charge in [-0.05, 0) is 30.6 Å². The Hall–Kier alpha value is -0.610. The van der Waals surface area contributed by atoms with Crippen LogP contribution in [0.1, 0.15) is 51.4 Å². The van der Waals surface area contributed by atoms with Crippen LogP contribution in [0, 0.1) is 11.3 Å². The maximum absolute atomic E-state index is 11.3. The van der Waals surface area contributed by atoms with Gasteiger partial charge in [0, 0.05) is 19.3 Å². The van der Waals surface area contributed by atoms with Gasteiger partial charge in [-0.2, -0.15) is 0 Å². The molecule has 0 bridgehead atoms. The molecule has 0 unspecified atom stereocenters. The number of hydrogen-bond donors (Lipinski definition) is 1. The first-order valence-corrected chi connectivity index (χ1v) is 7.18. The van der Waals surface area contributed by atoms with Crippen LogP contribution < -0.4 is 5.73 Å². The molecule has 2 N–H and O–H groups in total. The van der Waals surface area contributed by atoms with Gasteiger partial charge in [-0.15, -0.1) is 0 Å². The van der Waals surface area contributed by atoms with Crippen molar-refractivity contribution in [2.75, 3.05) is 13.2 Å². The van der Waals surface area contributed by atoms with Crippen molar-refractivity contribution >= 4 is 5.91 Å². The van der Waals surface area contributed by atoms with Gasteiger partial charge in [0.1, 0.15) is 0 Å². The van der Waals surface area contributed by atoms with E-state index in [2.05, 4.69) is 0 Å². The molecule has 1 aliphatic heterocycles. The molecular formula is C14H23NO3. The summed E-state index contributed by atoms with van der Waals surface area (Å²) in [6.45, 7) is 1.43. The second kappa shape index (κ2) is 4.49. The fourth-order valence-corrected chi connectivity index (χ4v) is 3.70. The number of hydrogen-bond acceptors (Lipinski definition) is 3. The normalized spacial score (nSPS) is 29.6. The van der Waals surface area contributed by atoms with Gasteiger partial charge in [-0.25, -0.2) is 0 Å². The van der Waals surface area contributed by atoms with E-state index in [0.717, 1.165) is 31.6 Å². The topological polar surface area (TPSA) is 61.6 Å². The summed E-state index contributed by atoms with van der Waals surface area (Å²) in [5.41, 5.74) is 5.58. The summed E-state index contributed by atoms with van der Waals surface area (Å²) in [6.07, 6.45) is 8.27. The second-order valence-electron chi connectivity index (χ2n) is 6.40. The number of primary amides is 1. The molecule has 1 saturated heterocycles. The van der Waals surface area contributed by atoms with E-state index in [1.54, 1.807) is 0 Å². The van der Waals surface area contributed by atoms with E-state index in [1.165, 1.54) is 19.3 Å². The van der Waals surface area contributed by atoms with Crippen molar-refractivity contribution in [1.82, 2.24) is 0 Å². The highest BCUT2D eigenvalue weighted by molar-refractivity contribution is 5.74. The fraction of sp³-hybridized carbons (Fsp3) is 0.929. The molecule has 0 aromatic heterocycles.